The molecule has 0 radical (unpaired) electrons. The van der Waals surface area contributed by atoms with E-state index >= 15 is 0 Å². The zero-order valence-corrected chi connectivity index (χ0v) is 19.0. The number of benzene rings is 2. The number of likely N-dealkylation sites (N-methyl/N-ethyl adjacent to an activating group) is 1. The summed E-state index contributed by atoms with van der Waals surface area (Å²) in [6, 6.07) is 11.1. The van der Waals surface area contributed by atoms with Gasteiger partial charge in [-0.15, -0.1) is 0 Å². The maximum atomic E-state index is 12.6. The Hall–Kier alpha value is -2.37. The van der Waals surface area contributed by atoms with Crippen molar-refractivity contribution >= 4 is 17.3 Å². The number of fused-ring (bicyclic) bond motifs is 1. The molecule has 2 heterocycles. The van der Waals surface area contributed by atoms with E-state index in [-0.39, 0.29) is 11.8 Å². The Kier molecular flexibility index (Phi) is 5.85. The van der Waals surface area contributed by atoms with Gasteiger partial charge in [-0.2, -0.15) is 0 Å². The van der Waals surface area contributed by atoms with Crippen molar-refractivity contribution < 1.29 is 4.79 Å². The molecule has 1 amide bonds. The van der Waals surface area contributed by atoms with Gasteiger partial charge >= 0.3 is 0 Å². The van der Waals surface area contributed by atoms with Crippen molar-refractivity contribution in [1.29, 1.82) is 0 Å². The number of amides is 1. The van der Waals surface area contributed by atoms with Crippen LogP contribution >= 0.6 is 0 Å². The van der Waals surface area contributed by atoms with Gasteiger partial charge in [0.2, 0.25) is 5.91 Å². The van der Waals surface area contributed by atoms with Crippen LogP contribution in [0.4, 0.5) is 11.4 Å². The van der Waals surface area contributed by atoms with Gasteiger partial charge in [0.15, 0.2) is 0 Å². The first-order valence-electron chi connectivity index (χ1n) is 10.9. The van der Waals surface area contributed by atoms with Gasteiger partial charge < -0.3 is 15.1 Å². The highest BCUT2D eigenvalue weighted by molar-refractivity contribution is 5.96. The summed E-state index contributed by atoms with van der Waals surface area (Å²) in [4.78, 5) is 19.6. The third-order valence-electron chi connectivity index (χ3n) is 6.68. The Bertz CT molecular complexity index is 944. The van der Waals surface area contributed by atoms with Crippen molar-refractivity contribution in [1.82, 2.24) is 9.80 Å². The normalized spacial score (nSPS) is 20.0. The fourth-order valence-corrected chi connectivity index (χ4v) is 4.72. The number of rotatable bonds is 4. The summed E-state index contributed by atoms with van der Waals surface area (Å²) in [6.45, 7) is 9.86. The Balaban J connectivity index is 1.68. The maximum Gasteiger partial charge on any atom is 0.225 e. The molecule has 0 saturated carbocycles. The van der Waals surface area contributed by atoms with E-state index in [0.717, 1.165) is 44.1 Å². The van der Waals surface area contributed by atoms with Crippen LogP contribution in [-0.4, -0.2) is 63.0 Å². The monoisotopic (exact) mass is 406 g/mol. The van der Waals surface area contributed by atoms with E-state index in [0.29, 0.717) is 6.42 Å². The molecular weight excluding hydrogens is 372 g/mol. The minimum atomic E-state index is 0.101. The largest absolute Gasteiger partial charge is 0.378 e. The summed E-state index contributed by atoms with van der Waals surface area (Å²) < 4.78 is 0. The summed E-state index contributed by atoms with van der Waals surface area (Å²) in [5.41, 5.74) is 8.57. The van der Waals surface area contributed by atoms with Gasteiger partial charge in [-0.25, -0.2) is 0 Å². The summed E-state index contributed by atoms with van der Waals surface area (Å²) in [6.07, 6.45) is 0.506. The number of hydrogen-bond donors (Lipinski definition) is 1. The van der Waals surface area contributed by atoms with E-state index in [2.05, 4.69) is 71.2 Å². The molecule has 0 bridgehead atoms. The smallest absolute Gasteiger partial charge is 0.225 e. The third kappa shape index (κ3) is 4.23. The minimum Gasteiger partial charge on any atom is -0.378 e. The highest BCUT2D eigenvalue weighted by atomic mass is 16.1. The van der Waals surface area contributed by atoms with E-state index in [4.69, 9.17) is 0 Å². The molecule has 0 aliphatic carbocycles. The van der Waals surface area contributed by atoms with Crippen LogP contribution in [0.25, 0.3) is 0 Å². The standard InChI is InChI=1S/C25H34N4O/c1-17-12-18(2)22(13-19(17)16-29-10-8-28(5)9-11-29)23-15-25(30)26-24-14-20(27(3)4)6-7-21(23)24/h6-7,12-14,23H,8-11,15-16H2,1-5H3,(H,26,30). The van der Waals surface area contributed by atoms with E-state index < -0.39 is 0 Å². The van der Waals surface area contributed by atoms with Gasteiger partial charge in [-0.3, -0.25) is 9.69 Å². The van der Waals surface area contributed by atoms with Gasteiger partial charge in [0, 0.05) is 70.5 Å². The predicted octanol–water partition coefficient (Wildman–Crippen LogP) is 3.59. The third-order valence-corrected chi connectivity index (χ3v) is 6.68. The van der Waals surface area contributed by atoms with Crippen LogP contribution in [0.2, 0.25) is 0 Å². The molecule has 1 N–H and O–H groups in total. The lowest BCUT2D eigenvalue weighted by molar-refractivity contribution is -0.116. The van der Waals surface area contributed by atoms with Crippen LogP contribution in [0.5, 0.6) is 0 Å². The topological polar surface area (TPSA) is 38.8 Å². The lowest BCUT2D eigenvalue weighted by Crippen LogP contribution is -2.44. The average molecular weight is 407 g/mol. The molecule has 5 nitrogen and oxygen atoms in total. The number of nitrogens with one attached hydrogen (secondary N) is 1. The summed E-state index contributed by atoms with van der Waals surface area (Å²) in [5.74, 6) is 0.209. The van der Waals surface area contributed by atoms with E-state index in [9.17, 15) is 4.79 Å². The van der Waals surface area contributed by atoms with Crippen LogP contribution in [0.1, 0.15) is 40.2 Å². The first kappa shape index (κ1) is 20.9. The quantitative estimate of drug-likeness (QED) is 0.842. The van der Waals surface area contributed by atoms with Crippen molar-refractivity contribution in [3.63, 3.8) is 0 Å². The maximum absolute atomic E-state index is 12.6. The van der Waals surface area contributed by atoms with Crippen LogP contribution in [0, 0.1) is 13.8 Å². The number of anilines is 2. The van der Waals surface area contributed by atoms with Crippen LogP contribution in [0.3, 0.4) is 0 Å². The first-order chi connectivity index (χ1) is 14.3. The number of piperazine rings is 1. The zero-order chi connectivity index (χ0) is 21.4. The van der Waals surface area contributed by atoms with E-state index in [1.165, 1.54) is 27.8 Å². The molecule has 1 atom stereocenters. The summed E-state index contributed by atoms with van der Waals surface area (Å²) >= 11 is 0. The van der Waals surface area contributed by atoms with Crippen LogP contribution < -0.4 is 10.2 Å². The molecule has 2 aromatic rings. The number of aryl methyl sites for hydroxylation is 2. The minimum absolute atomic E-state index is 0.101. The second-order valence-corrected chi connectivity index (χ2v) is 9.19. The van der Waals surface area contributed by atoms with Gasteiger partial charge in [0.05, 0.1) is 0 Å². The molecular formula is C25H34N4O. The van der Waals surface area contributed by atoms with Gasteiger partial charge in [-0.05, 0) is 60.8 Å². The van der Waals surface area contributed by atoms with Gasteiger partial charge in [0.25, 0.3) is 0 Å². The second kappa shape index (κ2) is 8.40. The van der Waals surface area contributed by atoms with Crippen molar-refractivity contribution in [2.24, 2.45) is 0 Å². The van der Waals surface area contributed by atoms with Crippen molar-refractivity contribution in [3.05, 3.63) is 58.1 Å². The second-order valence-electron chi connectivity index (χ2n) is 9.19. The SMILES string of the molecule is Cc1cc(C)c(C2CC(=O)Nc3cc(N(C)C)ccc32)cc1CN1CCN(C)CC1. The number of nitrogens with zero attached hydrogens (tertiary/aromatic N) is 3. The molecule has 1 unspecified atom stereocenters. The number of hydrogen-bond acceptors (Lipinski definition) is 4. The predicted molar refractivity (Wildman–Crippen MR) is 125 cm³/mol. The first-order valence-corrected chi connectivity index (χ1v) is 10.9. The summed E-state index contributed by atoms with van der Waals surface area (Å²) in [5, 5.41) is 3.09. The lowest BCUT2D eigenvalue weighted by Gasteiger charge is -2.33. The molecule has 1 fully saturated rings. The number of carbonyl (C=O) groups excluding carboxylic acids is 1. The Morgan fingerprint density at radius 3 is 2.43 bits per heavy atom. The molecule has 30 heavy (non-hydrogen) atoms. The van der Waals surface area contributed by atoms with Crippen molar-refractivity contribution in [3.8, 4) is 0 Å². The molecule has 4 rings (SSSR count). The highest BCUT2D eigenvalue weighted by Gasteiger charge is 2.28. The molecule has 5 heteroatoms. The van der Waals surface area contributed by atoms with Crippen molar-refractivity contribution in [2.75, 3.05) is 57.5 Å². The van der Waals surface area contributed by atoms with E-state index in [1.807, 2.05) is 14.1 Å². The zero-order valence-electron chi connectivity index (χ0n) is 19.0. The molecule has 2 aliphatic rings. The Labute approximate surface area is 180 Å². The molecule has 1 saturated heterocycles. The molecule has 2 aliphatic heterocycles. The highest BCUT2D eigenvalue weighted by Crippen LogP contribution is 2.40. The molecule has 160 valence electrons. The molecule has 0 aromatic heterocycles. The lowest BCUT2D eigenvalue weighted by atomic mass is 9.81. The molecule has 0 spiro atoms. The summed E-state index contributed by atoms with van der Waals surface area (Å²) in [7, 11) is 6.25. The Morgan fingerprint density at radius 1 is 1.00 bits per heavy atom. The fourth-order valence-electron chi connectivity index (χ4n) is 4.72. The van der Waals surface area contributed by atoms with Crippen LogP contribution in [0.15, 0.2) is 30.3 Å². The van der Waals surface area contributed by atoms with Gasteiger partial charge in [0.1, 0.15) is 0 Å². The van der Waals surface area contributed by atoms with Crippen LogP contribution in [-0.2, 0) is 11.3 Å². The van der Waals surface area contributed by atoms with Crippen molar-refractivity contribution in [2.45, 2.75) is 32.7 Å². The fraction of sp³-hybridized carbons (Fsp3) is 0.480. The number of carbonyl (C=O) groups is 1. The van der Waals surface area contributed by atoms with E-state index in [1.54, 1.807) is 0 Å². The average Bonchev–Trinajstić information content (AvgIpc) is 2.70. The van der Waals surface area contributed by atoms with Gasteiger partial charge in [-0.1, -0.05) is 18.2 Å². The Morgan fingerprint density at radius 2 is 1.73 bits per heavy atom. The molecule has 2 aromatic carbocycles.